The van der Waals surface area contributed by atoms with Gasteiger partial charge in [-0.05, 0) is 89.4 Å². The molecular weight excluding hydrogens is 828 g/mol. The smallest absolute Gasteiger partial charge is 0.313 e. The van der Waals surface area contributed by atoms with Crippen molar-refractivity contribution in [3.63, 3.8) is 0 Å². The molecule has 0 radical (unpaired) electrons. The summed E-state index contributed by atoms with van der Waals surface area (Å²) in [5, 5.41) is 55.2. The average Bonchev–Trinajstić information content (AvgIpc) is 3.08. The first-order chi connectivity index (χ1) is 25.2. The summed E-state index contributed by atoms with van der Waals surface area (Å²) in [5.74, 6) is -2.01. The molecule has 0 saturated carbocycles. The molecule has 2 heterocycles. The van der Waals surface area contributed by atoms with Gasteiger partial charge in [0.2, 0.25) is 27.6 Å². The maximum absolute atomic E-state index is 12.2. The largest absolute Gasteiger partial charge is 0.505 e. The highest BCUT2D eigenvalue weighted by atomic mass is 35.5. The van der Waals surface area contributed by atoms with Crippen LogP contribution in [0, 0.1) is 0 Å². The van der Waals surface area contributed by atoms with E-state index in [0.29, 0.717) is 23.1 Å². The van der Waals surface area contributed by atoms with E-state index in [1.54, 1.807) is 6.07 Å². The van der Waals surface area contributed by atoms with E-state index >= 15 is 0 Å². The zero-order valence-electron chi connectivity index (χ0n) is 25.6. The molecule has 0 bridgehead atoms. The number of carbonyl (C=O) groups is 1. The second kappa shape index (κ2) is 17.4. The van der Waals surface area contributed by atoms with Crippen LogP contribution in [0.2, 0.25) is 10.6 Å². The Balaban J connectivity index is 1.50. The summed E-state index contributed by atoms with van der Waals surface area (Å²) in [4.78, 5) is 38.2. The number of aliphatic carboxylic acids is 1. The number of aromatic nitrogens is 6. The van der Waals surface area contributed by atoms with E-state index in [9.17, 15) is 22.9 Å². The molecule has 5 rings (SSSR count). The number of nitrogens with zero attached hydrogens (tertiary/aromatic N) is 8. The van der Waals surface area contributed by atoms with Gasteiger partial charge in [-0.25, -0.2) is 10.5 Å². The Morgan fingerprint density at radius 1 is 0.906 bits per heavy atom. The lowest BCUT2D eigenvalue weighted by Crippen LogP contribution is -2.03. The molecular formula is C26H18Cl2N10O11S4. The number of halogens is 2. The van der Waals surface area contributed by atoms with Gasteiger partial charge in [-0.1, -0.05) is 16.8 Å². The van der Waals surface area contributed by atoms with Gasteiger partial charge >= 0.3 is 5.97 Å². The van der Waals surface area contributed by atoms with Gasteiger partial charge in [-0.2, -0.15) is 38.3 Å². The van der Waals surface area contributed by atoms with E-state index in [0.717, 1.165) is 35.7 Å². The first-order valence-corrected chi connectivity index (χ1v) is 18.3. The summed E-state index contributed by atoms with van der Waals surface area (Å²) in [7, 11) is -4.87. The number of aromatic hydroxyl groups is 1. The number of carboxylic acid groups (broad SMARTS) is 1. The highest BCUT2D eigenvalue weighted by Gasteiger charge is 2.20. The van der Waals surface area contributed by atoms with Gasteiger partial charge in [0.05, 0.1) is 22.7 Å². The maximum Gasteiger partial charge on any atom is 0.313 e. The summed E-state index contributed by atoms with van der Waals surface area (Å²) < 4.78 is 38.9. The lowest BCUT2D eigenvalue weighted by atomic mass is 10.1. The fourth-order valence-corrected chi connectivity index (χ4v) is 6.61. The van der Waals surface area contributed by atoms with Crippen LogP contribution >= 0.6 is 58.8 Å². The van der Waals surface area contributed by atoms with Crippen molar-refractivity contribution in [1.29, 1.82) is 0 Å². The van der Waals surface area contributed by atoms with Gasteiger partial charge in [0.25, 0.3) is 10.1 Å². The van der Waals surface area contributed by atoms with Gasteiger partial charge in [0.15, 0.2) is 16.0 Å². The van der Waals surface area contributed by atoms with Crippen molar-refractivity contribution >= 4 is 120 Å². The molecule has 0 aliphatic rings. The third kappa shape index (κ3) is 10.7. The number of hydrogen-bond acceptors (Lipinski definition) is 22. The Morgan fingerprint density at radius 2 is 1.55 bits per heavy atom. The SMILES string of the molecule is C=C(OO)Sc1nc(Cl)nc(Nc2ccc(S(=O)(=O)O)c(N=Nc3c(SOOO)cc4cc(Nc5nc(Cl)nc(SCC(=O)O)n5)ccc4c3O)c2)n1. The Hall–Kier alpha value is -4.67. The number of azo groups is 1. The summed E-state index contributed by atoms with van der Waals surface area (Å²) in [6.45, 7) is 3.43. The number of rotatable bonds is 16. The normalized spacial score (nSPS) is 11.6. The molecule has 0 unspecified atom stereocenters. The number of nitrogens with one attached hydrogen (secondary N) is 2. The number of thioether (sulfide) groups is 2. The first kappa shape index (κ1) is 39.5. The second-order valence-electron chi connectivity index (χ2n) is 9.51. The number of hydrogen-bond donors (Lipinski definition) is 7. The van der Waals surface area contributed by atoms with Crippen molar-refractivity contribution in [3.8, 4) is 5.75 Å². The number of phenols is 1. The molecule has 53 heavy (non-hydrogen) atoms. The zero-order valence-corrected chi connectivity index (χ0v) is 30.4. The van der Waals surface area contributed by atoms with E-state index < -0.39 is 32.4 Å². The van der Waals surface area contributed by atoms with Crippen LogP contribution in [0.15, 0.2) is 84.5 Å². The molecule has 21 nitrogen and oxygen atoms in total. The molecule has 0 aliphatic heterocycles. The maximum atomic E-state index is 12.2. The molecule has 276 valence electrons. The minimum absolute atomic E-state index is 0.00139. The summed E-state index contributed by atoms with van der Waals surface area (Å²) in [5.41, 5.74) is -0.178. The predicted molar refractivity (Wildman–Crippen MR) is 190 cm³/mol. The molecule has 5 aromatic rings. The van der Waals surface area contributed by atoms with Crippen LogP contribution in [-0.4, -0.2) is 75.3 Å². The molecule has 3 aromatic carbocycles. The zero-order chi connectivity index (χ0) is 38.3. The van der Waals surface area contributed by atoms with E-state index in [1.165, 1.54) is 24.3 Å². The van der Waals surface area contributed by atoms with Gasteiger partial charge in [0.1, 0.15) is 16.3 Å². The van der Waals surface area contributed by atoms with E-state index in [4.69, 9.17) is 38.8 Å². The summed E-state index contributed by atoms with van der Waals surface area (Å²) >= 11 is 13.9. The van der Waals surface area contributed by atoms with Crippen molar-refractivity contribution in [3.05, 3.63) is 64.7 Å². The summed E-state index contributed by atoms with van der Waals surface area (Å²) in [6.07, 6.45) is 0. The van der Waals surface area contributed by atoms with Crippen LogP contribution in [0.3, 0.4) is 0 Å². The molecule has 0 atom stereocenters. The molecule has 0 saturated heterocycles. The third-order valence-corrected chi connectivity index (χ3v) is 9.38. The Kier molecular flexibility index (Phi) is 13.0. The number of carboxylic acids is 1. The Morgan fingerprint density at radius 3 is 2.19 bits per heavy atom. The summed E-state index contributed by atoms with van der Waals surface area (Å²) in [6, 6.07) is 9.42. The predicted octanol–water partition coefficient (Wildman–Crippen LogP) is 7.03. The van der Waals surface area contributed by atoms with Crippen molar-refractivity contribution < 1.29 is 52.8 Å². The minimum Gasteiger partial charge on any atom is -0.505 e. The van der Waals surface area contributed by atoms with Gasteiger partial charge in [-0.3, -0.25) is 9.35 Å². The Bertz CT molecular complexity index is 2360. The number of benzene rings is 3. The molecule has 0 amide bonds. The average molecular weight is 846 g/mol. The van der Waals surface area contributed by atoms with Gasteiger partial charge in [-0.15, -0.1) is 14.6 Å². The number of anilines is 4. The van der Waals surface area contributed by atoms with Crippen molar-refractivity contribution in [1.82, 2.24) is 29.9 Å². The molecule has 0 spiro atoms. The van der Waals surface area contributed by atoms with Crippen LogP contribution in [0.5, 0.6) is 5.75 Å². The minimum atomic E-state index is -4.87. The molecule has 7 N–H and O–H groups in total. The fraction of sp³-hybridized carbons (Fsp3) is 0.0385. The second-order valence-corrected chi connectivity index (χ2v) is 14.3. The topological polar surface area (TPSA) is 306 Å². The van der Waals surface area contributed by atoms with Crippen LogP contribution in [0.25, 0.3) is 10.8 Å². The third-order valence-electron chi connectivity index (χ3n) is 6.02. The van der Waals surface area contributed by atoms with E-state index in [1.807, 2.05) is 0 Å². The fourth-order valence-electron chi connectivity index (χ4n) is 4.03. The van der Waals surface area contributed by atoms with Gasteiger partial charge in [0, 0.05) is 16.8 Å². The van der Waals surface area contributed by atoms with Gasteiger partial charge < -0.3 is 25.7 Å². The quantitative estimate of drug-likeness (QED) is 0.00996. The lowest BCUT2D eigenvalue weighted by Gasteiger charge is -2.12. The van der Waals surface area contributed by atoms with Crippen LogP contribution < -0.4 is 10.6 Å². The van der Waals surface area contributed by atoms with Crippen LogP contribution in [0.1, 0.15) is 0 Å². The standard InChI is InChI=1S/C26H18Cl2N10O11S4/c1-10(47-42)51-26-34-22(28)32-24(36-26)30-13-3-5-17(53(44,45)46)15(8-13)37-38-19-16(52-49-48-43)7-11-6-12(2-4-14(11)20(19)41)29-23-31-21(27)33-25(35-23)50-9-18(39)40/h2-8,41-43H,1,9H2,(H,39,40)(H,44,45,46)(H,29,31,33,35)(H,30,32,34,36). The van der Waals surface area contributed by atoms with Crippen molar-refractivity contribution in [2.45, 2.75) is 20.1 Å². The molecule has 0 fully saturated rings. The lowest BCUT2D eigenvalue weighted by molar-refractivity contribution is -0.432. The highest BCUT2D eigenvalue weighted by Crippen LogP contribution is 2.45. The van der Waals surface area contributed by atoms with Crippen LogP contribution in [-0.2, 0) is 29.2 Å². The highest BCUT2D eigenvalue weighted by molar-refractivity contribution is 8.02. The Labute approximate surface area is 318 Å². The van der Waals surface area contributed by atoms with Crippen LogP contribution in [0.4, 0.5) is 34.6 Å². The molecule has 0 aliphatic carbocycles. The number of fused-ring (bicyclic) bond motifs is 1. The monoisotopic (exact) mass is 844 g/mol. The molecule has 2 aromatic heterocycles. The van der Waals surface area contributed by atoms with E-state index in [-0.39, 0.29) is 65.3 Å². The first-order valence-electron chi connectivity index (χ1n) is 13.6. The molecule has 27 heteroatoms. The van der Waals surface area contributed by atoms with Crippen molar-refractivity contribution in [2.24, 2.45) is 10.2 Å². The number of phenolic OH excluding ortho intramolecular Hbond substituents is 1. The van der Waals surface area contributed by atoms with Crippen molar-refractivity contribution in [2.75, 3.05) is 16.4 Å². The van der Waals surface area contributed by atoms with E-state index in [2.05, 4.69) is 71.6 Å².